The molecule has 8 heteroatoms. The molecule has 1 aliphatic heterocycles. The van der Waals surface area contributed by atoms with E-state index < -0.39 is 16.0 Å². The van der Waals surface area contributed by atoms with Crippen molar-refractivity contribution in [3.05, 3.63) is 29.6 Å². The maximum atomic E-state index is 12.7. The number of fused-ring (bicyclic) bond motifs is 1. The van der Waals surface area contributed by atoms with Crippen molar-refractivity contribution in [2.75, 3.05) is 31.2 Å². The van der Waals surface area contributed by atoms with Crippen LogP contribution in [0.3, 0.4) is 0 Å². The normalized spacial score (nSPS) is 27.6. The second-order valence-electron chi connectivity index (χ2n) is 8.16. The van der Waals surface area contributed by atoms with Crippen LogP contribution in [0.25, 0.3) is 0 Å². The molecule has 0 spiro atoms. The Hall–Kier alpha value is -1.25. The van der Waals surface area contributed by atoms with Gasteiger partial charge in [-0.05, 0) is 41.7 Å². The average molecular weight is 411 g/mol. The number of aromatic nitrogens is 1. The molecule has 1 aromatic rings. The Kier molecular flexibility index (Phi) is 4.93. The summed E-state index contributed by atoms with van der Waals surface area (Å²) in [6, 6.07) is 1.39. The molecule has 1 saturated heterocycles. The van der Waals surface area contributed by atoms with Gasteiger partial charge < -0.3 is 9.72 Å². The number of ether oxygens (including phenoxy) is 1. The van der Waals surface area contributed by atoms with Crippen molar-refractivity contribution in [2.24, 2.45) is 17.3 Å². The topological polar surface area (TPSA) is 79.5 Å². The van der Waals surface area contributed by atoms with Crippen LogP contribution in [0.2, 0.25) is 0 Å². The molecule has 0 amide bonds. The fourth-order valence-electron chi connectivity index (χ4n) is 4.44. The molecule has 27 heavy (non-hydrogen) atoms. The minimum Gasteiger partial charge on any atom is -0.456 e. The smallest absolute Gasteiger partial charge is 0.355 e. The number of carbonyl (C=O) groups is 1. The first-order valence-corrected chi connectivity index (χ1v) is 12.0. The SMILES string of the molecule is CC1(C)[C@H]2CC=C(COC(=O)c3cc(S(=O)(=O)N4CCSCC4)c[nH]3)[C@@H]1C2. The van der Waals surface area contributed by atoms with Gasteiger partial charge in [-0.15, -0.1) is 0 Å². The van der Waals surface area contributed by atoms with Gasteiger partial charge in [0, 0.05) is 30.8 Å². The van der Waals surface area contributed by atoms with E-state index in [2.05, 4.69) is 24.9 Å². The summed E-state index contributed by atoms with van der Waals surface area (Å²) in [5, 5.41) is 0. The Bertz CT molecular complexity index is 866. The fourth-order valence-corrected chi connectivity index (χ4v) is 7.01. The first kappa shape index (κ1) is 19.1. The molecule has 1 N–H and O–H groups in total. The molecule has 2 bridgehead atoms. The minimum absolute atomic E-state index is 0.126. The molecule has 4 aliphatic rings. The van der Waals surface area contributed by atoms with Gasteiger partial charge in [-0.2, -0.15) is 16.1 Å². The number of nitrogens with one attached hydrogen (secondary N) is 1. The van der Waals surface area contributed by atoms with E-state index in [0.717, 1.165) is 23.8 Å². The Balaban J connectivity index is 1.40. The number of hydrogen-bond donors (Lipinski definition) is 1. The van der Waals surface area contributed by atoms with Crippen molar-refractivity contribution in [2.45, 2.75) is 31.6 Å². The van der Waals surface area contributed by atoms with Crippen molar-refractivity contribution in [3.63, 3.8) is 0 Å². The highest BCUT2D eigenvalue weighted by Crippen LogP contribution is 2.59. The average Bonchev–Trinajstić information content (AvgIpc) is 3.18. The highest BCUT2D eigenvalue weighted by atomic mass is 32.2. The molecule has 6 nitrogen and oxygen atoms in total. The van der Waals surface area contributed by atoms with Crippen molar-refractivity contribution < 1.29 is 17.9 Å². The summed E-state index contributed by atoms with van der Waals surface area (Å²) in [5.41, 5.74) is 1.67. The summed E-state index contributed by atoms with van der Waals surface area (Å²) in [7, 11) is -3.56. The zero-order valence-electron chi connectivity index (χ0n) is 15.7. The van der Waals surface area contributed by atoms with E-state index in [1.54, 1.807) is 11.8 Å². The standard InChI is InChI=1S/C19H26N2O4S2/c1-19(2)14-4-3-13(16(19)9-14)12-25-18(22)17-10-15(11-20-17)27(23,24)21-5-7-26-8-6-21/h3,10-11,14,16,20H,4-9,12H2,1-2H3/t14-,16-/m0/s1. The predicted octanol–water partition coefficient (Wildman–Crippen LogP) is 2.90. The van der Waals surface area contributed by atoms with Crippen LogP contribution in [0.15, 0.2) is 28.8 Å². The van der Waals surface area contributed by atoms with Crippen molar-refractivity contribution in [1.29, 1.82) is 0 Å². The van der Waals surface area contributed by atoms with Gasteiger partial charge in [0.1, 0.15) is 17.2 Å². The number of hydrogen-bond acceptors (Lipinski definition) is 5. The van der Waals surface area contributed by atoms with Crippen LogP contribution in [0, 0.1) is 17.3 Å². The van der Waals surface area contributed by atoms with Gasteiger partial charge in [-0.1, -0.05) is 19.9 Å². The van der Waals surface area contributed by atoms with Crippen molar-refractivity contribution in [1.82, 2.24) is 9.29 Å². The van der Waals surface area contributed by atoms with Gasteiger partial charge in [-0.25, -0.2) is 13.2 Å². The summed E-state index contributed by atoms with van der Waals surface area (Å²) in [4.78, 5) is 15.3. The van der Waals surface area contributed by atoms with E-state index in [0.29, 0.717) is 19.0 Å². The number of thioether (sulfide) groups is 1. The Labute approximate surface area is 164 Å². The number of carbonyl (C=O) groups excluding carboxylic acids is 1. The number of esters is 1. The number of sulfonamides is 1. The number of aromatic amines is 1. The van der Waals surface area contributed by atoms with Crippen molar-refractivity contribution in [3.8, 4) is 0 Å². The lowest BCUT2D eigenvalue weighted by molar-refractivity contribution is -0.0155. The zero-order chi connectivity index (χ0) is 19.2. The number of rotatable bonds is 5. The van der Waals surface area contributed by atoms with Crippen LogP contribution in [-0.2, 0) is 14.8 Å². The van der Waals surface area contributed by atoms with Crippen LogP contribution in [0.1, 0.15) is 37.2 Å². The summed E-state index contributed by atoms with van der Waals surface area (Å²) in [6.45, 7) is 5.85. The zero-order valence-corrected chi connectivity index (χ0v) is 17.4. The maximum absolute atomic E-state index is 12.7. The van der Waals surface area contributed by atoms with Crippen molar-refractivity contribution >= 4 is 27.8 Å². The van der Waals surface area contributed by atoms with Crippen LogP contribution in [0.4, 0.5) is 0 Å². The molecule has 2 fully saturated rings. The van der Waals surface area contributed by atoms with Gasteiger partial charge in [0.15, 0.2) is 0 Å². The second-order valence-corrected chi connectivity index (χ2v) is 11.3. The van der Waals surface area contributed by atoms with Gasteiger partial charge in [0.25, 0.3) is 0 Å². The first-order valence-electron chi connectivity index (χ1n) is 9.42. The van der Waals surface area contributed by atoms with Gasteiger partial charge >= 0.3 is 5.97 Å². The van der Waals surface area contributed by atoms with E-state index in [4.69, 9.17) is 4.74 Å². The van der Waals surface area contributed by atoms with Crippen LogP contribution >= 0.6 is 11.8 Å². The predicted molar refractivity (Wildman–Crippen MR) is 105 cm³/mol. The summed E-state index contributed by atoms with van der Waals surface area (Å²) in [6.07, 6.45) is 5.81. The molecule has 0 unspecified atom stereocenters. The van der Waals surface area contributed by atoms with E-state index >= 15 is 0 Å². The van der Waals surface area contributed by atoms with E-state index in [9.17, 15) is 13.2 Å². The first-order chi connectivity index (χ1) is 12.8. The lowest BCUT2D eigenvalue weighted by atomic mass is 9.49. The molecule has 1 aromatic heterocycles. The van der Waals surface area contributed by atoms with Crippen LogP contribution < -0.4 is 0 Å². The minimum atomic E-state index is -3.56. The number of nitrogens with zero attached hydrogens (tertiary/aromatic N) is 1. The molecular weight excluding hydrogens is 384 g/mol. The third kappa shape index (κ3) is 3.36. The van der Waals surface area contributed by atoms with E-state index in [1.807, 2.05) is 0 Å². The van der Waals surface area contributed by atoms with Gasteiger partial charge in [0.05, 0.1) is 0 Å². The molecule has 1 saturated carbocycles. The summed E-state index contributed by atoms with van der Waals surface area (Å²) >= 11 is 1.75. The van der Waals surface area contributed by atoms with Crippen LogP contribution in [0.5, 0.6) is 0 Å². The Morgan fingerprint density at radius 2 is 2.11 bits per heavy atom. The number of allylic oxidation sites excluding steroid dienone is 1. The third-order valence-electron chi connectivity index (χ3n) is 6.44. The molecule has 0 radical (unpaired) electrons. The summed E-state index contributed by atoms with van der Waals surface area (Å²) < 4.78 is 32.3. The molecular formula is C19H26N2O4S2. The molecule has 3 aliphatic carbocycles. The molecule has 148 valence electrons. The lowest BCUT2D eigenvalue weighted by Gasteiger charge is -2.56. The van der Waals surface area contributed by atoms with Gasteiger partial charge in [0.2, 0.25) is 10.0 Å². The van der Waals surface area contributed by atoms with Crippen LogP contribution in [-0.4, -0.2) is 54.9 Å². The Morgan fingerprint density at radius 3 is 2.78 bits per heavy atom. The Morgan fingerprint density at radius 1 is 1.37 bits per heavy atom. The monoisotopic (exact) mass is 410 g/mol. The number of H-pyrrole nitrogens is 1. The fraction of sp³-hybridized carbons (Fsp3) is 0.632. The molecule has 5 rings (SSSR count). The van der Waals surface area contributed by atoms with E-state index in [1.165, 1.54) is 28.6 Å². The quantitative estimate of drug-likeness (QED) is 0.596. The highest BCUT2D eigenvalue weighted by Gasteiger charge is 2.51. The molecule has 2 atom stereocenters. The summed E-state index contributed by atoms with van der Waals surface area (Å²) in [5.74, 6) is 2.32. The maximum Gasteiger partial charge on any atom is 0.355 e. The highest BCUT2D eigenvalue weighted by molar-refractivity contribution is 7.99. The second kappa shape index (κ2) is 6.97. The lowest BCUT2D eigenvalue weighted by Crippen LogP contribution is -2.48. The van der Waals surface area contributed by atoms with E-state index in [-0.39, 0.29) is 22.6 Å². The van der Waals surface area contributed by atoms with Gasteiger partial charge in [-0.3, -0.25) is 0 Å². The third-order valence-corrected chi connectivity index (χ3v) is 9.26. The largest absolute Gasteiger partial charge is 0.456 e. The molecule has 0 aromatic carbocycles. The molecule has 2 heterocycles.